The zero-order chi connectivity index (χ0) is 12.7. The van der Waals surface area contributed by atoms with Crippen molar-refractivity contribution in [1.82, 2.24) is 14.6 Å². The van der Waals surface area contributed by atoms with Gasteiger partial charge < -0.3 is 9.52 Å². The first-order valence-corrected chi connectivity index (χ1v) is 5.66. The molecule has 0 saturated carbocycles. The Hall–Kier alpha value is -1.70. The van der Waals surface area contributed by atoms with Crippen LogP contribution in [0.3, 0.4) is 0 Å². The minimum absolute atomic E-state index is 0.0108. The average Bonchev–Trinajstić information content (AvgIpc) is 2.93. The Balaban J connectivity index is 1.99. The molecule has 0 radical (unpaired) electrons. The highest BCUT2D eigenvalue weighted by Gasteiger charge is 2.32. The third-order valence-electron chi connectivity index (χ3n) is 3.17. The number of hydroxylamine groups is 2. The fraction of sp³-hybridized carbons (Fsp3) is 0.455. The number of hydrogen-bond donors (Lipinski definition) is 1. The topological polar surface area (TPSA) is 80.7 Å². The SMILES string of the molecule is CN1OC(n2cc3ccoc3nc2=O)CC1CO. The lowest BCUT2D eigenvalue weighted by Gasteiger charge is -2.14. The van der Waals surface area contributed by atoms with Crippen LogP contribution in [0.4, 0.5) is 0 Å². The van der Waals surface area contributed by atoms with Crippen LogP contribution in [0, 0.1) is 0 Å². The van der Waals surface area contributed by atoms with Crippen molar-refractivity contribution in [3.8, 4) is 0 Å². The van der Waals surface area contributed by atoms with Crippen LogP contribution in [0.15, 0.2) is 27.7 Å². The Morgan fingerprint density at radius 1 is 1.61 bits per heavy atom. The predicted molar refractivity (Wildman–Crippen MR) is 61.6 cm³/mol. The van der Waals surface area contributed by atoms with E-state index in [-0.39, 0.29) is 12.6 Å². The van der Waals surface area contributed by atoms with Crippen LogP contribution < -0.4 is 5.69 Å². The first kappa shape index (κ1) is 11.4. The van der Waals surface area contributed by atoms with Gasteiger partial charge in [-0.05, 0) is 6.07 Å². The molecule has 7 nitrogen and oxygen atoms in total. The summed E-state index contributed by atoms with van der Waals surface area (Å²) in [4.78, 5) is 21.2. The second-order valence-corrected chi connectivity index (χ2v) is 4.29. The van der Waals surface area contributed by atoms with E-state index in [1.54, 1.807) is 24.4 Å². The van der Waals surface area contributed by atoms with Crippen LogP contribution in [0.2, 0.25) is 0 Å². The maximum atomic E-state index is 11.9. The summed E-state index contributed by atoms with van der Waals surface area (Å²) in [6.45, 7) is -0.0108. The second kappa shape index (κ2) is 4.20. The number of aliphatic hydroxyl groups excluding tert-OH is 1. The quantitative estimate of drug-likeness (QED) is 0.816. The highest BCUT2D eigenvalue weighted by molar-refractivity contribution is 5.71. The molecule has 1 aliphatic heterocycles. The van der Waals surface area contributed by atoms with Gasteiger partial charge >= 0.3 is 5.69 Å². The molecule has 0 aromatic carbocycles. The van der Waals surface area contributed by atoms with Crippen LogP contribution in [-0.2, 0) is 4.84 Å². The molecule has 2 aromatic rings. The van der Waals surface area contributed by atoms with Crippen LogP contribution in [0.25, 0.3) is 11.1 Å². The number of rotatable bonds is 2. The van der Waals surface area contributed by atoms with Crippen molar-refractivity contribution in [2.24, 2.45) is 0 Å². The Kier molecular flexibility index (Phi) is 2.66. The summed E-state index contributed by atoms with van der Waals surface area (Å²) in [5.74, 6) is 0. The van der Waals surface area contributed by atoms with Gasteiger partial charge in [0.2, 0.25) is 5.71 Å². The Labute approximate surface area is 102 Å². The molecular weight excluding hydrogens is 238 g/mol. The zero-order valence-corrected chi connectivity index (χ0v) is 9.81. The maximum Gasteiger partial charge on any atom is 0.353 e. The first-order chi connectivity index (χ1) is 8.69. The number of aliphatic hydroxyl groups is 1. The van der Waals surface area contributed by atoms with Crippen molar-refractivity contribution in [1.29, 1.82) is 0 Å². The van der Waals surface area contributed by atoms with Crippen molar-refractivity contribution in [2.75, 3.05) is 13.7 Å². The molecule has 1 N–H and O–H groups in total. The van der Waals surface area contributed by atoms with E-state index in [0.29, 0.717) is 12.1 Å². The third-order valence-corrected chi connectivity index (χ3v) is 3.17. The van der Waals surface area contributed by atoms with E-state index in [9.17, 15) is 4.79 Å². The van der Waals surface area contributed by atoms with Gasteiger partial charge in [0.25, 0.3) is 0 Å². The fourth-order valence-electron chi connectivity index (χ4n) is 2.11. The van der Waals surface area contributed by atoms with Crippen molar-refractivity contribution >= 4 is 11.1 Å². The predicted octanol–water partition coefficient (Wildman–Crippen LogP) is 0.116. The molecule has 18 heavy (non-hydrogen) atoms. The molecule has 1 fully saturated rings. The van der Waals surface area contributed by atoms with Gasteiger partial charge in [-0.15, -0.1) is 0 Å². The summed E-state index contributed by atoms with van der Waals surface area (Å²) in [5, 5.41) is 11.5. The normalized spacial score (nSPS) is 25.0. The average molecular weight is 251 g/mol. The standard InChI is InChI=1S/C11H13N3O4/c1-13-8(6-15)4-9(18-13)14-5-7-2-3-17-10(7)12-11(14)16/h2-3,5,8-9,15H,4,6H2,1H3. The number of nitrogens with zero attached hydrogens (tertiary/aromatic N) is 3. The molecule has 2 unspecified atom stereocenters. The van der Waals surface area contributed by atoms with Gasteiger partial charge in [-0.1, -0.05) is 0 Å². The molecule has 1 saturated heterocycles. The summed E-state index contributed by atoms with van der Waals surface area (Å²) in [5.41, 5.74) is -0.101. The number of furan rings is 1. The zero-order valence-electron chi connectivity index (χ0n) is 9.81. The molecular formula is C11H13N3O4. The van der Waals surface area contributed by atoms with Crippen molar-refractivity contribution in [3.63, 3.8) is 0 Å². The molecule has 0 aliphatic carbocycles. The monoisotopic (exact) mass is 251 g/mol. The number of fused-ring (bicyclic) bond motifs is 1. The van der Waals surface area contributed by atoms with Crippen LogP contribution >= 0.6 is 0 Å². The molecule has 1 aliphatic rings. The van der Waals surface area contributed by atoms with Gasteiger partial charge in [-0.2, -0.15) is 10.0 Å². The van der Waals surface area contributed by atoms with Gasteiger partial charge in [-0.3, -0.25) is 9.40 Å². The molecule has 3 heterocycles. The lowest BCUT2D eigenvalue weighted by atomic mass is 10.2. The Morgan fingerprint density at radius 3 is 3.17 bits per heavy atom. The maximum absolute atomic E-state index is 11.9. The lowest BCUT2D eigenvalue weighted by molar-refractivity contribution is -0.170. The molecule has 7 heteroatoms. The number of likely N-dealkylation sites (N-methyl/N-ethyl adjacent to an activating group) is 1. The summed E-state index contributed by atoms with van der Waals surface area (Å²) in [7, 11) is 1.73. The smallest absolute Gasteiger partial charge is 0.353 e. The van der Waals surface area contributed by atoms with Gasteiger partial charge in [0.15, 0.2) is 6.23 Å². The summed E-state index contributed by atoms with van der Waals surface area (Å²) in [6.07, 6.45) is 3.25. The molecule has 96 valence electrons. The third kappa shape index (κ3) is 1.72. The molecule has 3 rings (SSSR count). The molecule has 2 atom stereocenters. The number of aromatic nitrogens is 2. The van der Waals surface area contributed by atoms with Gasteiger partial charge in [0.1, 0.15) is 0 Å². The van der Waals surface area contributed by atoms with Crippen LogP contribution in [0.5, 0.6) is 0 Å². The van der Waals surface area contributed by atoms with E-state index >= 15 is 0 Å². The van der Waals surface area contributed by atoms with E-state index in [4.69, 9.17) is 14.4 Å². The minimum atomic E-state index is -0.438. The van der Waals surface area contributed by atoms with E-state index in [1.807, 2.05) is 0 Å². The largest absolute Gasteiger partial charge is 0.446 e. The van der Waals surface area contributed by atoms with Crippen molar-refractivity contribution in [2.45, 2.75) is 18.7 Å². The molecule has 0 spiro atoms. The molecule has 0 bridgehead atoms. The van der Waals surface area contributed by atoms with Gasteiger partial charge in [0.05, 0.1) is 24.3 Å². The van der Waals surface area contributed by atoms with Crippen LogP contribution in [0.1, 0.15) is 12.6 Å². The van der Waals surface area contributed by atoms with E-state index < -0.39 is 11.9 Å². The van der Waals surface area contributed by atoms with E-state index in [2.05, 4.69) is 4.98 Å². The van der Waals surface area contributed by atoms with Gasteiger partial charge in [-0.25, -0.2) is 4.79 Å². The van der Waals surface area contributed by atoms with E-state index in [1.165, 1.54) is 10.8 Å². The highest BCUT2D eigenvalue weighted by Crippen LogP contribution is 2.26. The summed E-state index contributed by atoms with van der Waals surface area (Å²) in [6, 6.07) is 1.63. The first-order valence-electron chi connectivity index (χ1n) is 5.66. The number of hydrogen-bond acceptors (Lipinski definition) is 6. The lowest BCUT2D eigenvalue weighted by Crippen LogP contribution is -2.27. The van der Waals surface area contributed by atoms with Crippen LogP contribution in [-0.4, -0.2) is 39.4 Å². The summed E-state index contributed by atoms with van der Waals surface area (Å²) < 4.78 is 6.48. The van der Waals surface area contributed by atoms with Crippen molar-refractivity contribution in [3.05, 3.63) is 29.0 Å². The highest BCUT2D eigenvalue weighted by atomic mass is 16.7. The fourth-order valence-corrected chi connectivity index (χ4v) is 2.11. The second-order valence-electron chi connectivity index (χ2n) is 4.29. The Bertz CT molecular complexity index is 620. The van der Waals surface area contributed by atoms with Gasteiger partial charge in [0, 0.05) is 19.7 Å². The van der Waals surface area contributed by atoms with E-state index in [0.717, 1.165) is 5.39 Å². The molecule has 2 aromatic heterocycles. The van der Waals surface area contributed by atoms with Crippen molar-refractivity contribution < 1.29 is 14.4 Å². The minimum Gasteiger partial charge on any atom is -0.446 e. The molecule has 0 amide bonds. The summed E-state index contributed by atoms with van der Waals surface area (Å²) >= 11 is 0. The Morgan fingerprint density at radius 2 is 2.44 bits per heavy atom.